The molecule has 1 amide bonds. The van der Waals surface area contributed by atoms with Crippen molar-refractivity contribution in [3.63, 3.8) is 0 Å². The summed E-state index contributed by atoms with van der Waals surface area (Å²) in [4.78, 5) is 21.3. The Hall–Kier alpha value is -1.36. The topological polar surface area (TPSA) is 66.4 Å². The summed E-state index contributed by atoms with van der Waals surface area (Å²) in [6.07, 6.45) is 6.48. The van der Waals surface area contributed by atoms with Crippen molar-refractivity contribution in [1.29, 1.82) is 0 Å². The van der Waals surface area contributed by atoms with E-state index in [1.165, 1.54) is 6.08 Å². The van der Waals surface area contributed by atoms with Crippen molar-refractivity contribution >= 4 is 11.9 Å². The van der Waals surface area contributed by atoms with Gasteiger partial charge in [0.2, 0.25) is 5.91 Å². The van der Waals surface area contributed by atoms with Gasteiger partial charge >= 0.3 is 5.97 Å². The number of hydrogen-bond acceptors (Lipinski definition) is 2. The summed E-state index contributed by atoms with van der Waals surface area (Å²) in [7, 11) is 4.37. The van der Waals surface area contributed by atoms with Crippen LogP contribution in [-0.2, 0) is 9.59 Å². The zero-order chi connectivity index (χ0) is 15.4. The van der Waals surface area contributed by atoms with Crippen molar-refractivity contribution in [3.8, 4) is 0 Å². The minimum absolute atomic E-state index is 0.117. The lowest BCUT2D eigenvalue weighted by Gasteiger charge is -2.30. The third-order valence-corrected chi connectivity index (χ3v) is 3.33. The average Bonchev–Trinajstić information content (AvgIpc) is 2.38. The third-order valence-electron chi connectivity index (χ3n) is 3.33. The first-order valence-electron chi connectivity index (χ1n) is 7.31. The van der Waals surface area contributed by atoms with Crippen molar-refractivity contribution in [1.82, 2.24) is 5.32 Å². The third kappa shape index (κ3) is 11.7. The second-order valence-corrected chi connectivity index (χ2v) is 5.79. The van der Waals surface area contributed by atoms with Gasteiger partial charge in [-0.3, -0.25) is 9.59 Å². The second kappa shape index (κ2) is 10.4. The van der Waals surface area contributed by atoms with E-state index in [1.54, 1.807) is 0 Å². The number of nitrogens with one attached hydrogen (secondary N) is 1. The zero-order valence-electron chi connectivity index (χ0n) is 12.9. The number of quaternary nitrogens is 1. The molecule has 0 atom stereocenters. The molecule has 0 radical (unpaired) electrons. The molecule has 2 N–H and O–H groups in total. The van der Waals surface area contributed by atoms with E-state index < -0.39 is 5.97 Å². The summed E-state index contributed by atoms with van der Waals surface area (Å²) in [6, 6.07) is 0. The van der Waals surface area contributed by atoms with Crippen molar-refractivity contribution in [2.45, 2.75) is 38.5 Å². The standard InChI is InChI=1S/C15H28N2O3/c1-4-14(18)16-11-9-13-17(2,3)12-8-6-5-7-10-15(19)20/h4H,1,5-13H2,2-3H3,(H-,16,18,19,20)/p+1. The lowest BCUT2D eigenvalue weighted by Crippen LogP contribution is -2.42. The second-order valence-electron chi connectivity index (χ2n) is 5.79. The van der Waals surface area contributed by atoms with E-state index in [-0.39, 0.29) is 12.3 Å². The number of unbranched alkanes of at least 4 members (excludes halogenated alkanes) is 3. The molecule has 0 fully saturated rings. The minimum Gasteiger partial charge on any atom is -0.481 e. The summed E-state index contributed by atoms with van der Waals surface area (Å²) < 4.78 is 0.933. The minimum atomic E-state index is -0.706. The van der Waals surface area contributed by atoms with Crippen molar-refractivity contribution in [2.24, 2.45) is 0 Å². The number of hydrogen-bond donors (Lipinski definition) is 2. The fourth-order valence-corrected chi connectivity index (χ4v) is 2.07. The number of rotatable bonds is 12. The van der Waals surface area contributed by atoms with Gasteiger partial charge in [-0.15, -0.1) is 0 Å². The molecule has 0 saturated carbocycles. The lowest BCUT2D eigenvalue weighted by molar-refractivity contribution is -0.890. The largest absolute Gasteiger partial charge is 0.481 e. The summed E-state index contributed by atoms with van der Waals surface area (Å²) in [5, 5.41) is 11.3. The van der Waals surface area contributed by atoms with Gasteiger partial charge in [0, 0.05) is 19.4 Å². The number of carbonyl (C=O) groups excluding carboxylic acids is 1. The van der Waals surface area contributed by atoms with Crippen LogP contribution in [0.3, 0.4) is 0 Å². The van der Waals surface area contributed by atoms with Crippen LogP contribution in [0.5, 0.6) is 0 Å². The fourth-order valence-electron chi connectivity index (χ4n) is 2.07. The highest BCUT2D eigenvalue weighted by Crippen LogP contribution is 2.07. The number of aliphatic carboxylic acids is 1. The zero-order valence-corrected chi connectivity index (χ0v) is 12.9. The highest BCUT2D eigenvalue weighted by molar-refractivity contribution is 5.86. The molecule has 5 nitrogen and oxygen atoms in total. The Labute approximate surface area is 122 Å². The molecule has 0 rings (SSSR count). The Bertz CT molecular complexity index is 314. The first kappa shape index (κ1) is 18.6. The highest BCUT2D eigenvalue weighted by Gasteiger charge is 2.13. The van der Waals surface area contributed by atoms with Gasteiger partial charge in [-0.25, -0.2) is 0 Å². The molecule has 0 spiro atoms. The summed E-state index contributed by atoms with van der Waals surface area (Å²) >= 11 is 0. The molecule has 0 saturated heterocycles. The van der Waals surface area contributed by atoms with Crippen LogP contribution in [0.25, 0.3) is 0 Å². The maximum atomic E-state index is 11.0. The smallest absolute Gasteiger partial charge is 0.303 e. The SMILES string of the molecule is C=CC(=O)NCCC[N+](C)(C)CCCCCCC(=O)O. The predicted octanol–water partition coefficient (Wildman–Crippen LogP) is 1.79. The molecule has 0 aromatic rings. The van der Waals surface area contributed by atoms with Crippen LogP contribution in [0, 0.1) is 0 Å². The molecule has 5 heteroatoms. The molecule has 0 heterocycles. The van der Waals surface area contributed by atoms with Gasteiger partial charge in [0.1, 0.15) is 0 Å². The van der Waals surface area contributed by atoms with E-state index in [2.05, 4.69) is 26.0 Å². The molecule has 0 bridgehead atoms. The quantitative estimate of drug-likeness (QED) is 0.326. The van der Waals surface area contributed by atoms with Crippen LogP contribution >= 0.6 is 0 Å². The Morgan fingerprint density at radius 1 is 1.10 bits per heavy atom. The Balaban J connectivity index is 3.56. The van der Waals surface area contributed by atoms with E-state index in [9.17, 15) is 9.59 Å². The Morgan fingerprint density at radius 2 is 1.70 bits per heavy atom. The number of carboxylic acid groups (broad SMARTS) is 1. The molecule has 0 aliphatic carbocycles. The first-order valence-corrected chi connectivity index (χ1v) is 7.31. The molecule has 116 valence electrons. The molecule has 0 aliphatic heterocycles. The molecular weight excluding hydrogens is 256 g/mol. The van der Waals surface area contributed by atoms with Gasteiger partial charge in [-0.05, 0) is 25.3 Å². The maximum Gasteiger partial charge on any atom is 0.303 e. The summed E-state index contributed by atoms with van der Waals surface area (Å²) in [5.74, 6) is -0.823. The first-order chi connectivity index (χ1) is 9.37. The normalized spacial score (nSPS) is 11.1. The van der Waals surface area contributed by atoms with Crippen LogP contribution in [0.15, 0.2) is 12.7 Å². The van der Waals surface area contributed by atoms with E-state index in [4.69, 9.17) is 5.11 Å². The molecule has 0 aromatic carbocycles. The van der Waals surface area contributed by atoms with Gasteiger partial charge < -0.3 is 14.9 Å². The van der Waals surface area contributed by atoms with E-state index in [1.807, 2.05) is 0 Å². The molecular formula is C15H29N2O3+. The number of carbonyl (C=O) groups is 2. The van der Waals surface area contributed by atoms with E-state index >= 15 is 0 Å². The summed E-state index contributed by atoms with van der Waals surface area (Å²) in [6.45, 7) is 6.20. The molecule has 0 aromatic heterocycles. The van der Waals surface area contributed by atoms with Crippen LogP contribution in [0.1, 0.15) is 38.5 Å². The van der Waals surface area contributed by atoms with Gasteiger partial charge in [0.25, 0.3) is 0 Å². The van der Waals surface area contributed by atoms with E-state index in [0.717, 1.165) is 49.7 Å². The number of carboxylic acids is 1. The van der Waals surface area contributed by atoms with Crippen molar-refractivity contribution < 1.29 is 19.2 Å². The lowest BCUT2D eigenvalue weighted by atomic mass is 10.1. The van der Waals surface area contributed by atoms with Gasteiger partial charge in [-0.2, -0.15) is 0 Å². The van der Waals surface area contributed by atoms with E-state index in [0.29, 0.717) is 6.54 Å². The van der Waals surface area contributed by atoms with Crippen molar-refractivity contribution in [2.75, 3.05) is 33.7 Å². The number of nitrogens with zero attached hydrogens (tertiary/aromatic N) is 1. The molecule has 0 aliphatic rings. The summed E-state index contributed by atoms with van der Waals surface area (Å²) in [5.41, 5.74) is 0. The Kier molecular flexibility index (Phi) is 9.72. The molecule has 0 unspecified atom stereocenters. The van der Waals surface area contributed by atoms with Crippen LogP contribution < -0.4 is 5.32 Å². The number of amides is 1. The van der Waals surface area contributed by atoms with Crippen LogP contribution in [0.4, 0.5) is 0 Å². The predicted molar refractivity (Wildman–Crippen MR) is 80.4 cm³/mol. The van der Waals surface area contributed by atoms with Crippen LogP contribution in [0.2, 0.25) is 0 Å². The monoisotopic (exact) mass is 285 g/mol. The van der Waals surface area contributed by atoms with Gasteiger partial charge in [0.15, 0.2) is 0 Å². The van der Waals surface area contributed by atoms with Gasteiger partial charge in [-0.1, -0.05) is 13.0 Å². The Morgan fingerprint density at radius 3 is 2.30 bits per heavy atom. The van der Waals surface area contributed by atoms with Crippen LogP contribution in [-0.4, -0.2) is 55.2 Å². The molecule has 20 heavy (non-hydrogen) atoms. The maximum absolute atomic E-state index is 11.0. The average molecular weight is 285 g/mol. The van der Waals surface area contributed by atoms with Gasteiger partial charge in [0.05, 0.1) is 27.2 Å². The highest BCUT2D eigenvalue weighted by atomic mass is 16.4. The fraction of sp³-hybridized carbons (Fsp3) is 0.733. The van der Waals surface area contributed by atoms with Crippen molar-refractivity contribution in [3.05, 3.63) is 12.7 Å².